The Morgan fingerprint density at radius 2 is 0.875 bits per heavy atom. The Morgan fingerprint density at radius 1 is 0.464 bits per heavy atom. The molecule has 0 amide bonds. The summed E-state index contributed by atoms with van der Waals surface area (Å²) in [7, 11) is 27.9. The van der Waals surface area contributed by atoms with Gasteiger partial charge < -0.3 is 144 Å². The first-order chi connectivity index (χ1) is 52.0. The van der Waals surface area contributed by atoms with Crippen molar-refractivity contribution < 1.29 is 164 Å². The van der Waals surface area contributed by atoms with Crippen LogP contribution in [-0.2, 0) is 121 Å². The van der Waals surface area contributed by atoms with Crippen molar-refractivity contribution >= 4 is 93.9 Å². The highest BCUT2D eigenvalue weighted by Gasteiger charge is 2.53. The van der Waals surface area contributed by atoms with Gasteiger partial charge in [0.25, 0.3) is 15.6 Å². The Labute approximate surface area is 673 Å². The predicted molar refractivity (Wildman–Crippen MR) is 403 cm³/mol. The maximum absolute atomic E-state index is 12.4. The molecule has 10 saturated heterocycles. The van der Waals surface area contributed by atoms with E-state index in [1.807, 2.05) is 96.9 Å². The van der Waals surface area contributed by atoms with Gasteiger partial charge in [0.05, 0.1) is 113 Å². The van der Waals surface area contributed by atoms with E-state index in [9.17, 15) is 48.0 Å². The second-order valence-corrected chi connectivity index (χ2v) is 36.2. The predicted octanol–water partition coefficient (Wildman–Crippen LogP) is -3.66. The van der Waals surface area contributed by atoms with Crippen molar-refractivity contribution in [1.82, 2.24) is 10.2 Å². The maximum atomic E-state index is 12.4. The summed E-state index contributed by atoms with van der Waals surface area (Å²) in [6, 6.07) is -5.36. The van der Waals surface area contributed by atoms with E-state index in [2.05, 4.69) is 26.2 Å². The molecule has 0 aromatic carbocycles. The highest BCUT2D eigenvalue weighted by Crippen LogP contribution is 2.53. The summed E-state index contributed by atoms with van der Waals surface area (Å²) in [5.41, 5.74) is 7.76. The lowest BCUT2D eigenvalue weighted by Crippen LogP contribution is -2.65. The molecule has 112 heavy (non-hydrogen) atoms. The number of nitrogens with one attached hydrogen (secondary N) is 2. The molecule has 10 fully saturated rings. The average molecular weight is 1670 g/mol. The van der Waals surface area contributed by atoms with Crippen LogP contribution in [0.5, 0.6) is 0 Å². The van der Waals surface area contributed by atoms with Crippen molar-refractivity contribution in [1.29, 1.82) is 0 Å². The molecule has 16 radical (unpaired) electrons. The molecule has 36 nitrogen and oxygen atoms in total. The Morgan fingerprint density at radius 3 is 1.38 bits per heavy atom. The number of ether oxygens (including phenoxy) is 16. The third-order valence-electron chi connectivity index (χ3n) is 17.6. The summed E-state index contributed by atoms with van der Waals surface area (Å²) < 4.78 is 164. The summed E-state index contributed by atoms with van der Waals surface area (Å²) in [5, 5.41) is 25.0. The molecule has 10 N–H and O–H groups in total. The van der Waals surface area contributed by atoms with Crippen molar-refractivity contribution in [2.24, 2.45) is 0 Å². The van der Waals surface area contributed by atoms with Gasteiger partial charge in [-0.1, -0.05) is 0 Å². The maximum Gasteiger partial charge on any atom is 0.268 e. The fourth-order valence-corrected chi connectivity index (χ4v) is 16.9. The molecule has 10 rings (SSSR count). The van der Waals surface area contributed by atoms with Gasteiger partial charge in [-0.3, -0.25) is 28.4 Å². The van der Waals surface area contributed by atoms with Gasteiger partial charge in [0.2, 0.25) is 15.5 Å². The Kier molecular flexibility index (Phi) is 43.7. The highest BCUT2D eigenvalue weighted by atomic mass is 31.2. The van der Waals surface area contributed by atoms with Crippen LogP contribution < -0.4 is 41.2 Å². The summed E-state index contributed by atoms with van der Waals surface area (Å²) in [4.78, 5) is 47.2. The van der Waals surface area contributed by atoms with E-state index in [1.165, 1.54) is 0 Å². The highest BCUT2D eigenvalue weighted by molar-refractivity contribution is 7.49. The first-order valence-corrected chi connectivity index (χ1v) is 44.1. The van der Waals surface area contributed by atoms with Crippen LogP contribution in [-0.4, -0.2) is 345 Å². The second-order valence-electron chi connectivity index (χ2n) is 30.5. The molecule has 0 aliphatic carbocycles. The van der Waals surface area contributed by atoms with E-state index in [0.29, 0.717) is 19.4 Å². The lowest BCUT2D eigenvalue weighted by molar-refractivity contribution is -0.428. The normalized spacial score (nSPS) is 40.6. The fraction of sp³-hybridized carbons (Fsp3) is 1.00. The number of aliphatic hydroxyl groups excluding tert-OH is 2. The van der Waals surface area contributed by atoms with Crippen LogP contribution in [0.3, 0.4) is 0 Å². The van der Waals surface area contributed by atoms with Gasteiger partial charge in [-0.15, -0.1) is 0 Å². The number of hydrogen-bond donors (Lipinski definition) is 6. The van der Waals surface area contributed by atoms with Gasteiger partial charge in [-0.25, -0.2) is 0 Å². The Balaban J connectivity index is 0.000000295. The lowest BCUT2D eigenvalue weighted by Gasteiger charge is -2.32. The smallest absolute Gasteiger partial charge is 0.268 e. The Hall–Kier alpha value is 0.159. The van der Waals surface area contributed by atoms with Crippen LogP contribution in [0.4, 0.5) is 0 Å². The molecule has 2 bridgehead atoms. The summed E-state index contributed by atoms with van der Waals surface area (Å²) >= 11 is 0. The number of fused-ring (bicyclic) bond motifs is 3. The van der Waals surface area contributed by atoms with Crippen molar-refractivity contribution in [3.63, 3.8) is 0 Å². The van der Waals surface area contributed by atoms with E-state index < -0.39 is 159 Å². The second kappa shape index (κ2) is 47.7. The fourth-order valence-electron chi connectivity index (χ4n) is 12.7. The van der Waals surface area contributed by atoms with Crippen molar-refractivity contribution in [2.75, 3.05) is 52.7 Å². The number of quaternary nitrogens is 2. The van der Waals surface area contributed by atoms with E-state index in [0.717, 1.165) is 19.4 Å². The zero-order valence-electron chi connectivity index (χ0n) is 67.2. The molecule has 10 aliphatic heterocycles. The van der Waals surface area contributed by atoms with E-state index in [-0.39, 0.29) is 132 Å². The number of aliphatic hydroxyl groups is 2. The van der Waals surface area contributed by atoms with Crippen LogP contribution in [0.25, 0.3) is 0 Å². The van der Waals surface area contributed by atoms with Crippen molar-refractivity contribution in [2.45, 2.75) is 355 Å². The first-order valence-electron chi connectivity index (χ1n) is 38.1. The van der Waals surface area contributed by atoms with Gasteiger partial charge in [-0.05, 0) is 130 Å². The lowest BCUT2D eigenvalue weighted by atomic mass is 9.93. The Bertz CT molecular complexity index is 2920. The van der Waals surface area contributed by atoms with Crippen LogP contribution in [0.1, 0.15) is 138 Å². The van der Waals surface area contributed by atoms with Crippen LogP contribution in [0.15, 0.2) is 0 Å². The molecule has 48 heteroatoms. The van der Waals surface area contributed by atoms with E-state index in [1.54, 1.807) is 13.8 Å². The summed E-state index contributed by atoms with van der Waals surface area (Å²) in [6.45, 7) is 31.5. The van der Waals surface area contributed by atoms with Crippen LogP contribution in [0.2, 0.25) is 0 Å². The third-order valence-corrected chi connectivity index (χ3v) is 21.8. The molecule has 8 unspecified atom stereocenters. The molecule has 0 aromatic rings. The standard InChI is InChI=1S/2C16H30B2NO8P.2C8H16BNO2.2C8H14BO6P.H2/c1-8(2)23-6-11-10(5-13(17)26-11)19-28(21,22)24-7-12-15(25-9(3)4)14(20)16(18)27-12;1-8(2)23-7-12-15(14(20)16(18)26-12)27-28(21,22)19-6-11-10(24-9(3)4)5-13(17)25-11;1-5(2)11-4-7-6(10)3-8(9)12-7;1-5(2)11-6-3-8(9)12-7(6)4-10;1-4(2)13-6-5-3-12-16(10,11)15-7(6)8(9)14-5;1-4(2)12-3-5-6-7(8(9)13-5)15-16(10,11)14-6;/h2*8-16,20H,5-7H2,1-4H3,(H2,19,21,22);2*5-8H,3-4,10H2,1-2H3;2*4-8H,3H2,1-2H3,(H,10,11);1H/p-2/t2*10-,11-,12-,13-,14?,15+,16-;2*6-,7-,8-;2*5-,6+,7?,8-;/m111111./s1. The third kappa shape index (κ3) is 35.2. The minimum atomic E-state index is -4.55. The summed E-state index contributed by atoms with van der Waals surface area (Å²) in [6.07, 6.45) is -8.44. The van der Waals surface area contributed by atoms with Gasteiger partial charge >= 0.3 is 0 Å². The number of phosphoric acid groups is 2. The van der Waals surface area contributed by atoms with Crippen molar-refractivity contribution in [3.8, 4) is 0 Å². The number of hydrogen-bond acceptors (Lipinski definition) is 32. The van der Waals surface area contributed by atoms with Gasteiger partial charge in [0.15, 0.2) is 0 Å². The average Bonchev–Trinajstić information content (AvgIpc) is 1.64. The van der Waals surface area contributed by atoms with Crippen molar-refractivity contribution in [3.05, 3.63) is 0 Å². The minimum Gasteiger partial charge on any atom is -0.766 e. The molecular formula is C64H120B8N4O32P4-2. The molecule has 10 aliphatic rings. The van der Waals surface area contributed by atoms with Gasteiger partial charge in [0.1, 0.15) is 161 Å². The van der Waals surface area contributed by atoms with E-state index in [4.69, 9.17) is 161 Å². The van der Waals surface area contributed by atoms with Crippen LogP contribution >= 0.6 is 31.1 Å². The zero-order valence-corrected chi connectivity index (χ0v) is 70.8. The summed E-state index contributed by atoms with van der Waals surface area (Å²) in [5.74, 6) is 0. The minimum absolute atomic E-state index is 0. The van der Waals surface area contributed by atoms with Crippen LogP contribution in [0, 0.1) is 0 Å². The monoisotopic (exact) mass is 1670 g/mol. The molecule has 634 valence electrons. The number of phosphoric ester groups is 2. The topological polar surface area (TPSA) is 483 Å². The van der Waals surface area contributed by atoms with Gasteiger partial charge in [-0.2, -0.15) is 0 Å². The largest absolute Gasteiger partial charge is 0.766 e. The van der Waals surface area contributed by atoms with Gasteiger partial charge in [0, 0.05) is 68.5 Å². The zero-order chi connectivity index (χ0) is 84.2. The molecule has 0 aromatic heterocycles. The first kappa shape index (κ1) is 103. The van der Waals surface area contributed by atoms with E-state index >= 15 is 0 Å². The molecule has 0 saturated carbocycles. The molecule has 10 heterocycles. The molecule has 0 spiro atoms. The quantitative estimate of drug-likeness (QED) is 0.0288. The molecular weight excluding hydrogens is 1550 g/mol. The molecule has 32 atom stereocenters. The SMILES string of the molecule is [B][C@@H]1O[C@@H]2COP(=O)([O-])OC1[C@H]2OC(C)C.[B][C@@H]1O[C@H](COC(C)C)[C@@H]2OP(=O)([O-])OC12.[B][C@@H]1O[C@H](COC(C)C)[C@H](OP(=O)([O-])NC[C@H]2O[C@@H]([B])C[C@H]2OC(C)C)C1O.[B][C@@H]1O[C@H](COP(=O)([O-])N[C@@H]2C[C@H]([B])O[C@@H]2COC(C)C)[C@H](OC(C)C)C1O.[B][C@H]1C[C@@H](OC(C)C)[C@@H](C[NH3+])O1.[B][C@H]1C[C@@H]([NH3+])[C@@H](COC(C)C)O1.[HH]. The number of rotatable bonds is 31.